The van der Waals surface area contributed by atoms with Gasteiger partial charge >= 0.3 is 0 Å². The molecule has 0 fully saturated rings. The van der Waals surface area contributed by atoms with Crippen LogP contribution in [0.1, 0.15) is 11.1 Å². The maximum absolute atomic E-state index is 8.88. The fourth-order valence-corrected chi connectivity index (χ4v) is 2.86. The Morgan fingerprint density at radius 1 is 1.25 bits per heavy atom. The standard InChI is InChI=1S/C15H12N4S/c16-8-10-2-1-3-11(6-10)9-18-15-19-13-5-4-12(17)7-14(13)20-15/h1-7H,9,17H2,(H,18,19). The lowest BCUT2D eigenvalue weighted by Crippen LogP contribution is -1.98. The van der Waals surface area contributed by atoms with Crippen molar-refractivity contribution in [1.82, 2.24) is 4.98 Å². The molecule has 0 saturated heterocycles. The first-order chi connectivity index (χ1) is 9.74. The van der Waals surface area contributed by atoms with E-state index < -0.39 is 0 Å². The molecule has 0 aliphatic carbocycles. The Hall–Kier alpha value is -2.58. The van der Waals surface area contributed by atoms with Crippen LogP contribution < -0.4 is 11.1 Å². The monoisotopic (exact) mass is 280 g/mol. The summed E-state index contributed by atoms with van der Waals surface area (Å²) in [6.07, 6.45) is 0. The van der Waals surface area contributed by atoms with Crippen LogP contribution in [0.4, 0.5) is 10.8 Å². The molecule has 5 heteroatoms. The zero-order valence-corrected chi connectivity index (χ0v) is 11.4. The highest BCUT2D eigenvalue weighted by Gasteiger charge is 2.04. The number of hydrogen-bond acceptors (Lipinski definition) is 5. The Balaban J connectivity index is 1.78. The number of thiazole rings is 1. The van der Waals surface area contributed by atoms with E-state index in [-0.39, 0.29) is 0 Å². The maximum Gasteiger partial charge on any atom is 0.184 e. The summed E-state index contributed by atoms with van der Waals surface area (Å²) in [5, 5.41) is 13.0. The molecule has 1 aromatic heterocycles. The largest absolute Gasteiger partial charge is 0.399 e. The van der Waals surface area contributed by atoms with Gasteiger partial charge in [-0.25, -0.2) is 4.98 Å². The first-order valence-electron chi connectivity index (χ1n) is 6.13. The molecule has 0 saturated carbocycles. The first kappa shape index (κ1) is 12.5. The van der Waals surface area contributed by atoms with E-state index >= 15 is 0 Å². The van der Waals surface area contributed by atoms with E-state index in [1.807, 2.05) is 36.4 Å². The van der Waals surface area contributed by atoms with Crippen molar-refractivity contribution in [3.63, 3.8) is 0 Å². The predicted octanol–water partition coefficient (Wildman–Crippen LogP) is 3.36. The second kappa shape index (κ2) is 5.19. The van der Waals surface area contributed by atoms with Crippen molar-refractivity contribution in [1.29, 1.82) is 5.26 Å². The summed E-state index contributed by atoms with van der Waals surface area (Å²) in [7, 11) is 0. The van der Waals surface area contributed by atoms with Crippen molar-refractivity contribution < 1.29 is 0 Å². The van der Waals surface area contributed by atoms with Crippen LogP contribution in [0.2, 0.25) is 0 Å². The van der Waals surface area contributed by atoms with Crippen molar-refractivity contribution in [2.75, 3.05) is 11.1 Å². The molecule has 0 amide bonds. The number of nitrogens with two attached hydrogens (primary N) is 1. The van der Waals surface area contributed by atoms with Gasteiger partial charge < -0.3 is 11.1 Å². The summed E-state index contributed by atoms with van der Waals surface area (Å²) in [5.74, 6) is 0. The van der Waals surface area contributed by atoms with Gasteiger partial charge in [0.2, 0.25) is 0 Å². The van der Waals surface area contributed by atoms with Crippen LogP contribution in [0.5, 0.6) is 0 Å². The lowest BCUT2D eigenvalue weighted by atomic mass is 10.1. The molecule has 98 valence electrons. The highest BCUT2D eigenvalue weighted by atomic mass is 32.1. The van der Waals surface area contributed by atoms with Crippen LogP contribution >= 0.6 is 11.3 Å². The molecule has 1 heterocycles. The van der Waals surface area contributed by atoms with Gasteiger partial charge in [0.15, 0.2) is 5.13 Å². The van der Waals surface area contributed by atoms with E-state index in [4.69, 9.17) is 11.0 Å². The van der Waals surface area contributed by atoms with E-state index in [9.17, 15) is 0 Å². The first-order valence-corrected chi connectivity index (χ1v) is 6.95. The topological polar surface area (TPSA) is 74.7 Å². The molecule has 3 N–H and O–H groups in total. The van der Waals surface area contributed by atoms with Gasteiger partial charge in [-0.05, 0) is 35.9 Å². The summed E-state index contributed by atoms with van der Waals surface area (Å²) in [4.78, 5) is 4.50. The summed E-state index contributed by atoms with van der Waals surface area (Å²) >= 11 is 1.57. The number of benzene rings is 2. The molecule has 0 aliphatic heterocycles. The van der Waals surface area contributed by atoms with Gasteiger partial charge in [-0.15, -0.1) is 0 Å². The molecule has 20 heavy (non-hydrogen) atoms. The minimum Gasteiger partial charge on any atom is -0.399 e. The predicted molar refractivity (Wildman–Crippen MR) is 82.5 cm³/mol. The third-order valence-corrected chi connectivity index (χ3v) is 3.89. The molecule has 0 radical (unpaired) electrons. The molecule has 0 atom stereocenters. The second-order valence-corrected chi connectivity index (χ2v) is 5.44. The average Bonchev–Trinajstić information content (AvgIpc) is 2.87. The maximum atomic E-state index is 8.88. The van der Waals surface area contributed by atoms with E-state index in [1.165, 1.54) is 0 Å². The van der Waals surface area contributed by atoms with Crippen LogP contribution in [-0.2, 0) is 6.54 Å². The third-order valence-electron chi connectivity index (χ3n) is 2.91. The highest BCUT2D eigenvalue weighted by molar-refractivity contribution is 7.22. The molecule has 2 aromatic carbocycles. The van der Waals surface area contributed by atoms with E-state index in [2.05, 4.69) is 16.4 Å². The van der Waals surface area contributed by atoms with Gasteiger partial charge in [0.1, 0.15) is 0 Å². The average molecular weight is 280 g/mol. The molecule has 0 bridgehead atoms. The Morgan fingerprint density at radius 2 is 2.15 bits per heavy atom. The van der Waals surface area contributed by atoms with Crippen LogP contribution in [0.3, 0.4) is 0 Å². The third kappa shape index (κ3) is 2.56. The highest BCUT2D eigenvalue weighted by Crippen LogP contribution is 2.27. The Labute approximate surface area is 120 Å². The summed E-state index contributed by atoms with van der Waals surface area (Å²) in [6, 6.07) is 15.4. The van der Waals surface area contributed by atoms with Crippen LogP contribution in [0, 0.1) is 11.3 Å². The van der Waals surface area contributed by atoms with Crippen LogP contribution in [-0.4, -0.2) is 4.98 Å². The fourth-order valence-electron chi connectivity index (χ4n) is 1.95. The van der Waals surface area contributed by atoms with Gasteiger partial charge in [0.05, 0.1) is 21.8 Å². The van der Waals surface area contributed by atoms with Crippen molar-refractivity contribution >= 4 is 32.4 Å². The lowest BCUT2D eigenvalue weighted by molar-refractivity contribution is 1.14. The second-order valence-electron chi connectivity index (χ2n) is 4.41. The number of anilines is 2. The van der Waals surface area contributed by atoms with Gasteiger partial charge in [0, 0.05) is 12.2 Å². The van der Waals surface area contributed by atoms with Crippen LogP contribution in [0.15, 0.2) is 42.5 Å². The fraction of sp³-hybridized carbons (Fsp3) is 0.0667. The quantitative estimate of drug-likeness (QED) is 0.721. The number of nitrogen functional groups attached to an aromatic ring is 1. The Bertz CT molecular complexity index is 801. The molecule has 3 aromatic rings. The number of nitriles is 1. The number of fused-ring (bicyclic) bond motifs is 1. The van der Waals surface area contributed by atoms with Crippen LogP contribution in [0.25, 0.3) is 10.2 Å². The number of hydrogen-bond donors (Lipinski definition) is 2. The number of nitrogens with zero attached hydrogens (tertiary/aromatic N) is 2. The summed E-state index contributed by atoms with van der Waals surface area (Å²) in [6.45, 7) is 0.644. The molecule has 3 rings (SSSR count). The number of aromatic nitrogens is 1. The Kier molecular flexibility index (Phi) is 3.23. The van der Waals surface area contributed by atoms with Crippen molar-refractivity contribution in [3.05, 3.63) is 53.6 Å². The van der Waals surface area contributed by atoms with Crippen molar-refractivity contribution in [2.45, 2.75) is 6.54 Å². The molecule has 4 nitrogen and oxygen atoms in total. The number of nitrogens with one attached hydrogen (secondary N) is 1. The zero-order chi connectivity index (χ0) is 13.9. The SMILES string of the molecule is N#Cc1cccc(CNc2nc3ccc(N)cc3s2)c1. The van der Waals surface area contributed by atoms with Gasteiger partial charge in [-0.3, -0.25) is 0 Å². The lowest BCUT2D eigenvalue weighted by Gasteiger charge is -2.02. The number of rotatable bonds is 3. The Morgan fingerprint density at radius 3 is 3.00 bits per heavy atom. The molecule has 0 unspecified atom stereocenters. The van der Waals surface area contributed by atoms with Gasteiger partial charge in [-0.1, -0.05) is 23.5 Å². The minimum atomic E-state index is 0.644. The molecule has 0 aliphatic rings. The normalized spacial score (nSPS) is 10.3. The van der Waals surface area contributed by atoms with E-state index in [0.717, 1.165) is 26.6 Å². The van der Waals surface area contributed by atoms with E-state index in [1.54, 1.807) is 17.4 Å². The summed E-state index contributed by atoms with van der Waals surface area (Å²) < 4.78 is 1.07. The zero-order valence-electron chi connectivity index (χ0n) is 10.6. The molecule has 0 spiro atoms. The molecular formula is C15H12N4S. The van der Waals surface area contributed by atoms with Crippen molar-refractivity contribution in [2.24, 2.45) is 0 Å². The van der Waals surface area contributed by atoms with Gasteiger partial charge in [0.25, 0.3) is 0 Å². The molecular weight excluding hydrogens is 268 g/mol. The van der Waals surface area contributed by atoms with E-state index in [0.29, 0.717) is 12.1 Å². The van der Waals surface area contributed by atoms with Crippen molar-refractivity contribution in [3.8, 4) is 6.07 Å². The minimum absolute atomic E-state index is 0.644. The smallest absolute Gasteiger partial charge is 0.184 e. The summed E-state index contributed by atoms with van der Waals surface area (Å²) in [5.41, 5.74) is 9.17. The van der Waals surface area contributed by atoms with Gasteiger partial charge in [-0.2, -0.15) is 5.26 Å².